The summed E-state index contributed by atoms with van der Waals surface area (Å²) in [6.07, 6.45) is 0. The van der Waals surface area contributed by atoms with Gasteiger partial charge in [0.1, 0.15) is 5.82 Å². The number of para-hydroxylation sites is 1. The molecule has 18 heavy (non-hydrogen) atoms. The fourth-order valence-corrected chi connectivity index (χ4v) is 1.86. The number of hydrogen-bond donors (Lipinski definition) is 2. The fraction of sp³-hybridized carbons (Fsp3) is 0.0833. The summed E-state index contributed by atoms with van der Waals surface area (Å²) < 4.78 is 1.42. The first-order valence-electron chi connectivity index (χ1n) is 5.47. The van der Waals surface area contributed by atoms with Crippen molar-refractivity contribution in [3.63, 3.8) is 0 Å². The lowest BCUT2D eigenvalue weighted by molar-refractivity contribution is 0.807. The van der Waals surface area contributed by atoms with Crippen LogP contribution in [0.3, 0.4) is 0 Å². The number of aromatic nitrogens is 4. The van der Waals surface area contributed by atoms with E-state index in [1.54, 1.807) is 24.3 Å². The summed E-state index contributed by atoms with van der Waals surface area (Å²) in [4.78, 5) is 18.9. The van der Waals surface area contributed by atoms with Crippen molar-refractivity contribution in [3.05, 3.63) is 46.4 Å². The van der Waals surface area contributed by atoms with Crippen LogP contribution in [0.25, 0.3) is 16.9 Å². The maximum atomic E-state index is 11.9. The van der Waals surface area contributed by atoms with Gasteiger partial charge in [0, 0.05) is 6.07 Å². The van der Waals surface area contributed by atoms with Crippen LogP contribution in [0, 0.1) is 6.92 Å². The minimum absolute atomic E-state index is 0.205. The van der Waals surface area contributed by atoms with Gasteiger partial charge in [0.2, 0.25) is 5.95 Å². The minimum Gasteiger partial charge on any atom is -0.383 e. The Morgan fingerprint density at radius 3 is 2.83 bits per heavy atom. The molecule has 0 radical (unpaired) electrons. The van der Waals surface area contributed by atoms with Crippen LogP contribution in [0.4, 0.5) is 5.82 Å². The molecule has 2 aromatic heterocycles. The number of nitrogen functional groups attached to an aromatic ring is 1. The number of anilines is 1. The van der Waals surface area contributed by atoms with Gasteiger partial charge in [0.05, 0.1) is 16.6 Å². The molecular weight excluding hydrogens is 230 g/mol. The van der Waals surface area contributed by atoms with E-state index in [4.69, 9.17) is 5.73 Å². The van der Waals surface area contributed by atoms with E-state index in [2.05, 4.69) is 15.1 Å². The molecule has 3 aromatic rings. The SMILES string of the molecule is Cc1cc(N)n(-c2nc3ccccc3c(=O)[nH]2)n1. The molecule has 3 rings (SSSR count). The first kappa shape index (κ1) is 10.5. The van der Waals surface area contributed by atoms with Gasteiger partial charge < -0.3 is 5.73 Å². The van der Waals surface area contributed by atoms with Gasteiger partial charge in [0.15, 0.2) is 0 Å². The van der Waals surface area contributed by atoms with Gasteiger partial charge in [-0.2, -0.15) is 9.78 Å². The Bertz CT molecular complexity index is 787. The molecule has 0 spiro atoms. The third kappa shape index (κ3) is 1.55. The van der Waals surface area contributed by atoms with Crippen molar-refractivity contribution in [3.8, 4) is 5.95 Å². The van der Waals surface area contributed by atoms with E-state index in [0.717, 1.165) is 5.69 Å². The molecule has 1 aromatic carbocycles. The predicted octanol–water partition coefficient (Wildman–Crippen LogP) is 0.999. The third-order valence-electron chi connectivity index (χ3n) is 2.66. The molecule has 90 valence electrons. The molecule has 6 nitrogen and oxygen atoms in total. The van der Waals surface area contributed by atoms with Crippen molar-refractivity contribution in [2.75, 3.05) is 5.73 Å². The molecule has 6 heteroatoms. The Morgan fingerprint density at radius 1 is 1.33 bits per heavy atom. The molecule has 0 aliphatic carbocycles. The van der Waals surface area contributed by atoms with E-state index in [1.807, 2.05) is 13.0 Å². The maximum absolute atomic E-state index is 11.9. The van der Waals surface area contributed by atoms with Crippen LogP contribution < -0.4 is 11.3 Å². The Kier molecular flexibility index (Phi) is 2.16. The van der Waals surface area contributed by atoms with Crippen LogP contribution in [0.5, 0.6) is 0 Å². The monoisotopic (exact) mass is 241 g/mol. The molecular formula is C12H11N5O. The van der Waals surface area contributed by atoms with E-state index >= 15 is 0 Å². The Balaban J connectivity index is 2.31. The zero-order chi connectivity index (χ0) is 12.7. The van der Waals surface area contributed by atoms with Crippen LogP contribution in [-0.2, 0) is 0 Å². The van der Waals surface area contributed by atoms with E-state index in [9.17, 15) is 4.79 Å². The summed E-state index contributed by atoms with van der Waals surface area (Å²) >= 11 is 0. The minimum atomic E-state index is -0.205. The highest BCUT2D eigenvalue weighted by atomic mass is 16.1. The van der Waals surface area contributed by atoms with Gasteiger partial charge in [-0.15, -0.1) is 0 Å². The van der Waals surface area contributed by atoms with E-state index in [0.29, 0.717) is 22.7 Å². The number of fused-ring (bicyclic) bond motifs is 1. The van der Waals surface area contributed by atoms with Gasteiger partial charge in [-0.1, -0.05) is 12.1 Å². The lowest BCUT2D eigenvalue weighted by atomic mass is 10.2. The van der Waals surface area contributed by atoms with Gasteiger partial charge in [-0.3, -0.25) is 9.78 Å². The Labute approximate surface area is 102 Å². The molecule has 0 aliphatic rings. The van der Waals surface area contributed by atoms with Gasteiger partial charge in [-0.05, 0) is 19.1 Å². The fourth-order valence-electron chi connectivity index (χ4n) is 1.86. The van der Waals surface area contributed by atoms with Crippen LogP contribution in [0.15, 0.2) is 35.1 Å². The second-order valence-corrected chi connectivity index (χ2v) is 4.03. The number of aryl methyl sites for hydroxylation is 1. The first-order valence-corrected chi connectivity index (χ1v) is 5.47. The van der Waals surface area contributed by atoms with E-state index in [1.165, 1.54) is 4.68 Å². The molecule has 0 fully saturated rings. The van der Waals surface area contributed by atoms with Gasteiger partial charge in [-0.25, -0.2) is 4.98 Å². The molecule has 0 aliphatic heterocycles. The first-order chi connectivity index (χ1) is 8.65. The topological polar surface area (TPSA) is 89.6 Å². The van der Waals surface area contributed by atoms with Crippen LogP contribution in [0.1, 0.15) is 5.69 Å². The molecule has 0 saturated carbocycles. The number of nitrogens with zero attached hydrogens (tertiary/aromatic N) is 3. The lowest BCUT2D eigenvalue weighted by Crippen LogP contribution is -2.15. The van der Waals surface area contributed by atoms with Crippen LogP contribution >= 0.6 is 0 Å². The van der Waals surface area contributed by atoms with E-state index < -0.39 is 0 Å². The lowest BCUT2D eigenvalue weighted by Gasteiger charge is -2.03. The predicted molar refractivity (Wildman–Crippen MR) is 68.6 cm³/mol. The highest BCUT2D eigenvalue weighted by molar-refractivity contribution is 5.77. The molecule has 0 atom stereocenters. The van der Waals surface area contributed by atoms with Crippen molar-refractivity contribution >= 4 is 16.7 Å². The quantitative estimate of drug-likeness (QED) is 0.665. The molecule has 0 amide bonds. The van der Waals surface area contributed by atoms with Gasteiger partial charge >= 0.3 is 0 Å². The highest BCUT2D eigenvalue weighted by Crippen LogP contribution is 2.12. The Morgan fingerprint density at radius 2 is 2.11 bits per heavy atom. The number of aromatic amines is 1. The van der Waals surface area contributed by atoms with Gasteiger partial charge in [0.25, 0.3) is 5.56 Å². The molecule has 3 N–H and O–H groups in total. The summed E-state index contributed by atoms with van der Waals surface area (Å²) in [7, 11) is 0. The standard InChI is InChI=1S/C12H11N5O/c1-7-6-10(13)17(16-7)12-14-9-5-3-2-4-8(9)11(18)15-12/h2-6H,13H2,1H3,(H,14,15,18). The van der Waals surface area contributed by atoms with Crippen LogP contribution in [0.2, 0.25) is 0 Å². The molecule has 0 saturated heterocycles. The number of rotatable bonds is 1. The number of H-pyrrole nitrogens is 1. The summed E-state index contributed by atoms with van der Waals surface area (Å²) in [5, 5.41) is 4.73. The summed E-state index contributed by atoms with van der Waals surface area (Å²) in [5.74, 6) is 0.759. The van der Waals surface area contributed by atoms with E-state index in [-0.39, 0.29) is 5.56 Å². The molecule has 0 unspecified atom stereocenters. The van der Waals surface area contributed by atoms with Crippen LogP contribution in [-0.4, -0.2) is 19.7 Å². The molecule has 0 bridgehead atoms. The van der Waals surface area contributed by atoms with Crippen molar-refractivity contribution in [2.24, 2.45) is 0 Å². The second kappa shape index (κ2) is 3.69. The number of nitrogens with one attached hydrogen (secondary N) is 1. The van der Waals surface area contributed by atoms with Crippen molar-refractivity contribution in [1.82, 2.24) is 19.7 Å². The summed E-state index contributed by atoms with van der Waals surface area (Å²) in [5.41, 5.74) is 6.98. The van der Waals surface area contributed by atoms with Crippen molar-refractivity contribution < 1.29 is 0 Å². The Hall–Kier alpha value is -2.63. The number of nitrogens with two attached hydrogens (primary N) is 1. The molecule has 2 heterocycles. The zero-order valence-electron chi connectivity index (χ0n) is 9.71. The third-order valence-corrected chi connectivity index (χ3v) is 2.66. The normalized spacial score (nSPS) is 10.9. The highest BCUT2D eigenvalue weighted by Gasteiger charge is 2.09. The van der Waals surface area contributed by atoms with Crippen molar-refractivity contribution in [1.29, 1.82) is 0 Å². The average molecular weight is 241 g/mol. The summed E-state index contributed by atoms with van der Waals surface area (Å²) in [6, 6.07) is 8.85. The smallest absolute Gasteiger partial charge is 0.260 e. The zero-order valence-corrected chi connectivity index (χ0v) is 9.71. The number of benzene rings is 1. The summed E-state index contributed by atoms with van der Waals surface area (Å²) in [6.45, 7) is 1.83. The largest absolute Gasteiger partial charge is 0.383 e. The second-order valence-electron chi connectivity index (χ2n) is 4.03. The average Bonchev–Trinajstić information content (AvgIpc) is 2.68. The maximum Gasteiger partial charge on any atom is 0.260 e. The number of hydrogen-bond acceptors (Lipinski definition) is 4. The van der Waals surface area contributed by atoms with Crippen molar-refractivity contribution in [2.45, 2.75) is 6.92 Å².